The van der Waals surface area contributed by atoms with E-state index in [2.05, 4.69) is 15.2 Å². The summed E-state index contributed by atoms with van der Waals surface area (Å²) in [6.45, 7) is 7.14. The number of rotatable bonds is 8. The Hall–Kier alpha value is -2.52. The lowest BCUT2D eigenvalue weighted by atomic mass is 10.2. The molecule has 166 valence electrons. The second-order valence-corrected chi connectivity index (χ2v) is 9.90. The first kappa shape index (κ1) is 21.7. The van der Waals surface area contributed by atoms with Gasteiger partial charge in [0.25, 0.3) is 0 Å². The molecule has 0 spiro atoms. The summed E-state index contributed by atoms with van der Waals surface area (Å²) >= 11 is 0. The van der Waals surface area contributed by atoms with Gasteiger partial charge in [-0.1, -0.05) is 12.8 Å². The number of hydrogen-bond donors (Lipinski definition) is 0. The molecule has 0 aromatic carbocycles. The molecule has 1 aliphatic carbocycles. The molecule has 3 aromatic heterocycles. The van der Waals surface area contributed by atoms with Gasteiger partial charge in [0.05, 0.1) is 23.6 Å². The molecule has 8 nitrogen and oxygen atoms in total. The van der Waals surface area contributed by atoms with Crippen LogP contribution in [0.25, 0.3) is 11.3 Å². The van der Waals surface area contributed by atoms with Crippen LogP contribution in [0.4, 0.5) is 0 Å². The van der Waals surface area contributed by atoms with Crippen LogP contribution in [0.15, 0.2) is 41.7 Å². The number of aromatic nitrogens is 5. The Morgan fingerprint density at radius 2 is 1.81 bits per heavy atom. The second kappa shape index (κ2) is 8.92. The van der Waals surface area contributed by atoms with Crippen LogP contribution in [0.3, 0.4) is 0 Å². The highest BCUT2D eigenvalue weighted by Crippen LogP contribution is 2.31. The third kappa shape index (κ3) is 4.29. The first-order chi connectivity index (χ1) is 14.9. The molecular weight excluding hydrogens is 412 g/mol. The Morgan fingerprint density at radius 3 is 2.45 bits per heavy atom. The van der Waals surface area contributed by atoms with Crippen LogP contribution in [-0.4, -0.2) is 49.9 Å². The summed E-state index contributed by atoms with van der Waals surface area (Å²) in [4.78, 5) is 4.40. The molecule has 3 heterocycles. The molecule has 0 atom stereocenters. The van der Waals surface area contributed by atoms with E-state index in [9.17, 15) is 8.42 Å². The third-order valence-corrected chi connectivity index (χ3v) is 8.28. The molecule has 0 N–H and O–H groups in total. The van der Waals surface area contributed by atoms with E-state index in [1.807, 2.05) is 42.9 Å². The van der Waals surface area contributed by atoms with Crippen molar-refractivity contribution < 1.29 is 8.42 Å². The molecule has 31 heavy (non-hydrogen) atoms. The smallest absolute Gasteiger partial charge is 0.247 e. The van der Waals surface area contributed by atoms with E-state index in [0.717, 1.165) is 36.9 Å². The van der Waals surface area contributed by atoms with Crippen LogP contribution in [0.5, 0.6) is 0 Å². The zero-order valence-corrected chi connectivity index (χ0v) is 19.2. The fraction of sp³-hybridized carbons (Fsp3) is 0.500. The van der Waals surface area contributed by atoms with Gasteiger partial charge in [-0.3, -0.25) is 14.3 Å². The van der Waals surface area contributed by atoms with E-state index < -0.39 is 10.0 Å². The summed E-state index contributed by atoms with van der Waals surface area (Å²) in [5.74, 6) is 0. The van der Waals surface area contributed by atoms with Crippen molar-refractivity contribution in [3.8, 4) is 11.3 Å². The number of pyridine rings is 1. The van der Waals surface area contributed by atoms with Crippen molar-refractivity contribution in [2.75, 3.05) is 6.54 Å². The SMILES string of the molecule is CCn1nc(C)c(S(=O)(=O)N(CCn2ccc(-c3ccncc3)n2)C2CCCC2)c1C. The average molecular weight is 443 g/mol. The summed E-state index contributed by atoms with van der Waals surface area (Å²) in [6, 6.07) is 5.81. The fourth-order valence-corrected chi connectivity index (χ4v) is 6.59. The molecule has 0 amide bonds. The van der Waals surface area contributed by atoms with Gasteiger partial charge in [0.15, 0.2) is 0 Å². The lowest BCUT2D eigenvalue weighted by Crippen LogP contribution is -2.41. The lowest BCUT2D eigenvalue weighted by Gasteiger charge is -2.28. The molecule has 4 rings (SSSR count). The van der Waals surface area contributed by atoms with Gasteiger partial charge in [-0.25, -0.2) is 8.42 Å². The molecule has 0 unspecified atom stereocenters. The molecule has 0 bridgehead atoms. The Bertz CT molecular complexity index is 1130. The number of aryl methyl sites for hydroxylation is 2. The van der Waals surface area contributed by atoms with Gasteiger partial charge in [0, 0.05) is 43.3 Å². The molecule has 1 aliphatic rings. The van der Waals surface area contributed by atoms with Crippen molar-refractivity contribution in [2.24, 2.45) is 0 Å². The monoisotopic (exact) mass is 442 g/mol. The predicted octanol–water partition coefficient (Wildman–Crippen LogP) is 3.41. The van der Waals surface area contributed by atoms with E-state index in [1.165, 1.54) is 0 Å². The zero-order valence-electron chi connectivity index (χ0n) is 18.4. The Kier molecular flexibility index (Phi) is 6.24. The highest BCUT2D eigenvalue weighted by atomic mass is 32.2. The van der Waals surface area contributed by atoms with Crippen molar-refractivity contribution in [2.45, 2.75) is 70.5 Å². The zero-order chi connectivity index (χ0) is 22.0. The van der Waals surface area contributed by atoms with Crippen LogP contribution >= 0.6 is 0 Å². The van der Waals surface area contributed by atoms with E-state index >= 15 is 0 Å². The Balaban J connectivity index is 1.59. The predicted molar refractivity (Wildman–Crippen MR) is 119 cm³/mol. The lowest BCUT2D eigenvalue weighted by molar-refractivity contribution is 0.305. The van der Waals surface area contributed by atoms with Crippen LogP contribution in [0.2, 0.25) is 0 Å². The van der Waals surface area contributed by atoms with E-state index in [-0.39, 0.29) is 6.04 Å². The minimum Gasteiger partial charge on any atom is -0.271 e. The Labute approximate surface area is 184 Å². The number of nitrogens with zero attached hydrogens (tertiary/aromatic N) is 6. The van der Waals surface area contributed by atoms with Crippen molar-refractivity contribution in [3.05, 3.63) is 48.2 Å². The summed E-state index contributed by atoms with van der Waals surface area (Å²) in [6.07, 6.45) is 9.32. The van der Waals surface area contributed by atoms with Gasteiger partial charge in [0.1, 0.15) is 4.90 Å². The Morgan fingerprint density at radius 1 is 1.10 bits per heavy atom. The molecule has 0 radical (unpaired) electrons. The van der Waals surface area contributed by atoms with Crippen LogP contribution in [0, 0.1) is 13.8 Å². The minimum absolute atomic E-state index is 0.0315. The first-order valence-electron chi connectivity index (χ1n) is 10.9. The van der Waals surface area contributed by atoms with Crippen LogP contribution < -0.4 is 0 Å². The maximum absolute atomic E-state index is 13.8. The molecule has 1 saturated carbocycles. The van der Waals surface area contributed by atoms with Crippen molar-refractivity contribution in [1.82, 2.24) is 28.9 Å². The quantitative estimate of drug-likeness (QED) is 0.534. The van der Waals surface area contributed by atoms with Gasteiger partial charge < -0.3 is 0 Å². The second-order valence-electron chi connectivity index (χ2n) is 8.07. The molecule has 9 heteroatoms. The van der Waals surface area contributed by atoms with Gasteiger partial charge in [-0.2, -0.15) is 14.5 Å². The molecule has 1 fully saturated rings. The number of hydrogen-bond acceptors (Lipinski definition) is 5. The van der Waals surface area contributed by atoms with E-state index in [0.29, 0.717) is 35.9 Å². The van der Waals surface area contributed by atoms with Crippen molar-refractivity contribution in [1.29, 1.82) is 0 Å². The molecule has 0 saturated heterocycles. The minimum atomic E-state index is -3.65. The number of sulfonamides is 1. The fourth-order valence-electron chi connectivity index (χ4n) is 4.53. The average Bonchev–Trinajstić information content (AvgIpc) is 3.49. The molecule has 0 aliphatic heterocycles. The van der Waals surface area contributed by atoms with Gasteiger partial charge in [0.2, 0.25) is 10.0 Å². The van der Waals surface area contributed by atoms with E-state index in [1.54, 1.807) is 28.3 Å². The maximum Gasteiger partial charge on any atom is 0.247 e. The van der Waals surface area contributed by atoms with Crippen molar-refractivity contribution in [3.63, 3.8) is 0 Å². The topological polar surface area (TPSA) is 85.9 Å². The summed E-state index contributed by atoms with van der Waals surface area (Å²) < 4.78 is 32.8. The largest absolute Gasteiger partial charge is 0.271 e. The summed E-state index contributed by atoms with van der Waals surface area (Å²) in [5, 5.41) is 9.08. The van der Waals surface area contributed by atoms with Crippen LogP contribution in [-0.2, 0) is 23.1 Å². The van der Waals surface area contributed by atoms with Crippen molar-refractivity contribution >= 4 is 10.0 Å². The van der Waals surface area contributed by atoms with Gasteiger partial charge in [-0.05, 0) is 51.8 Å². The van der Waals surface area contributed by atoms with Gasteiger partial charge >= 0.3 is 0 Å². The first-order valence-corrected chi connectivity index (χ1v) is 12.4. The summed E-state index contributed by atoms with van der Waals surface area (Å²) in [5.41, 5.74) is 3.13. The van der Waals surface area contributed by atoms with Gasteiger partial charge in [-0.15, -0.1) is 0 Å². The standard InChI is InChI=1S/C22H30N6O2S/c1-4-27-18(3)22(17(2)24-27)31(29,30)28(20-7-5-6-8-20)16-15-26-14-11-21(25-26)19-9-12-23-13-10-19/h9-14,20H,4-8,15-16H2,1-3H3. The highest BCUT2D eigenvalue weighted by Gasteiger charge is 2.36. The molecular formula is C22H30N6O2S. The third-order valence-electron chi connectivity index (χ3n) is 6.08. The van der Waals surface area contributed by atoms with Crippen LogP contribution in [0.1, 0.15) is 44.0 Å². The van der Waals surface area contributed by atoms with E-state index in [4.69, 9.17) is 0 Å². The summed E-state index contributed by atoms with van der Waals surface area (Å²) in [7, 11) is -3.65. The highest BCUT2D eigenvalue weighted by molar-refractivity contribution is 7.89. The molecule has 3 aromatic rings. The normalized spacial score (nSPS) is 15.2. The maximum atomic E-state index is 13.8.